The molecule has 0 atom stereocenters. The zero-order chi connectivity index (χ0) is 20.4. The van der Waals surface area contributed by atoms with E-state index in [1.165, 1.54) is 14.2 Å². The molecule has 1 aliphatic rings. The highest BCUT2D eigenvalue weighted by molar-refractivity contribution is 7.99. The smallest absolute Gasteiger partial charge is 0.341 e. The third kappa shape index (κ3) is 3.59. The molecule has 26 heavy (non-hydrogen) atoms. The van der Waals surface area contributed by atoms with Gasteiger partial charge in [0, 0.05) is 7.19 Å². The van der Waals surface area contributed by atoms with E-state index in [2.05, 4.69) is 14.9 Å². The molecule has 0 saturated heterocycles. The van der Waals surface area contributed by atoms with Crippen LogP contribution in [0.5, 0.6) is 0 Å². The molecule has 10 heteroatoms. The Labute approximate surface area is 157 Å². The number of hydrogen-bond acceptors (Lipinski definition) is 8. The van der Waals surface area contributed by atoms with E-state index in [1.54, 1.807) is 0 Å². The lowest BCUT2D eigenvalue weighted by Crippen LogP contribution is -2.35. The normalized spacial score (nSPS) is 18.8. The lowest BCUT2D eigenvalue weighted by Gasteiger charge is -2.47. The topological polar surface area (TPSA) is 65.6 Å². The quantitative estimate of drug-likeness (QED) is 0.480. The van der Waals surface area contributed by atoms with Crippen LogP contribution < -0.4 is 0 Å². The minimum absolute atomic E-state index is 0.285. The Morgan fingerprint density at radius 3 is 1.50 bits per heavy atom. The second kappa shape index (κ2) is 8.42. The molecule has 0 amide bonds. The molecule has 150 valence electrons. The van der Waals surface area contributed by atoms with Crippen LogP contribution in [0.1, 0.15) is 0 Å². The average molecular weight is 406 g/mol. The highest BCUT2D eigenvalue weighted by Crippen LogP contribution is 2.68. The molecule has 0 bridgehead atoms. The largest absolute Gasteiger partial charge is 0.465 e. The second-order valence-electron chi connectivity index (χ2n) is 6.73. The Morgan fingerprint density at radius 1 is 0.769 bits per heavy atom. The van der Waals surface area contributed by atoms with E-state index in [1.807, 2.05) is 71.5 Å². The summed E-state index contributed by atoms with van der Waals surface area (Å²) in [6, 6.07) is 0. The summed E-state index contributed by atoms with van der Waals surface area (Å²) in [5.74, 6) is 0.847. The first-order chi connectivity index (χ1) is 11.9. The summed E-state index contributed by atoms with van der Waals surface area (Å²) in [6.45, 7) is 0. The summed E-state index contributed by atoms with van der Waals surface area (Å²) in [5, 5.41) is 0.362. The fourth-order valence-corrected chi connectivity index (χ4v) is 13.3. The summed E-state index contributed by atoms with van der Waals surface area (Å²) < 4.78 is 18.4. The average Bonchev–Trinajstić information content (AvgIpc) is 2.57. The van der Waals surface area contributed by atoms with Gasteiger partial charge in [-0.3, -0.25) is 18.7 Å². The Morgan fingerprint density at radius 2 is 1.19 bits per heavy atom. The maximum absolute atomic E-state index is 12.8. The Balaban J connectivity index is 4.27. The molecule has 0 aromatic carbocycles. The van der Waals surface area contributed by atoms with Gasteiger partial charge in [0.1, 0.15) is 5.31 Å². The van der Waals surface area contributed by atoms with Crippen molar-refractivity contribution in [3.8, 4) is 0 Å². The van der Waals surface area contributed by atoms with E-state index in [0.717, 1.165) is 0 Å². The minimum atomic E-state index is -2.49. The number of hydrogen-bond donors (Lipinski definition) is 0. The van der Waals surface area contributed by atoms with Gasteiger partial charge in [0.25, 0.3) is 0 Å². The SMILES string of the molecule is COC(=O)C1=C(C(=O)OC)P(N(C)C)(N(C)C)=CP(N(C)C)(N(C)C)=C1. The van der Waals surface area contributed by atoms with E-state index in [0.29, 0.717) is 5.31 Å². The van der Waals surface area contributed by atoms with Crippen molar-refractivity contribution in [2.75, 3.05) is 70.6 Å². The van der Waals surface area contributed by atoms with Crippen molar-refractivity contribution in [1.29, 1.82) is 0 Å². The molecule has 0 N–H and O–H groups in total. The van der Waals surface area contributed by atoms with Gasteiger partial charge in [-0.1, -0.05) is 0 Å². The summed E-state index contributed by atoms with van der Waals surface area (Å²) >= 11 is 0. The highest BCUT2D eigenvalue weighted by atomic mass is 31.2. The first kappa shape index (κ1) is 23.2. The molecular formula is C16H32N4O4P2. The Bertz CT molecular complexity index is 700. The predicted octanol–water partition coefficient (Wildman–Crippen LogP) is 1.10. The number of rotatable bonds is 6. The van der Waals surface area contributed by atoms with Gasteiger partial charge in [0.2, 0.25) is 0 Å². The van der Waals surface area contributed by atoms with Crippen LogP contribution in [0.3, 0.4) is 0 Å². The monoisotopic (exact) mass is 406 g/mol. The molecule has 0 spiro atoms. The molecule has 0 aromatic heterocycles. The van der Waals surface area contributed by atoms with Crippen LogP contribution in [0, 0.1) is 0 Å². The lowest BCUT2D eigenvalue weighted by atomic mass is 10.3. The van der Waals surface area contributed by atoms with Gasteiger partial charge in [0.05, 0.1) is 27.0 Å². The van der Waals surface area contributed by atoms with Crippen molar-refractivity contribution in [3.63, 3.8) is 0 Å². The fraction of sp³-hybridized carbons (Fsp3) is 0.625. The van der Waals surface area contributed by atoms with Crippen LogP contribution in [-0.2, 0) is 19.1 Å². The molecule has 0 radical (unpaired) electrons. The molecule has 0 unspecified atom stereocenters. The van der Waals surface area contributed by atoms with E-state index in [9.17, 15) is 9.59 Å². The number of nitrogens with zero attached hydrogens (tertiary/aromatic N) is 4. The van der Waals surface area contributed by atoms with E-state index >= 15 is 0 Å². The molecule has 0 saturated carbocycles. The van der Waals surface area contributed by atoms with Crippen LogP contribution in [0.25, 0.3) is 0 Å². The molecule has 0 fully saturated rings. The van der Waals surface area contributed by atoms with Gasteiger partial charge >= 0.3 is 11.9 Å². The Kier molecular flexibility index (Phi) is 7.50. The van der Waals surface area contributed by atoms with Gasteiger partial charge in [-0.25, -0.2) is 9.59 Å². The van der Waals surface area contributed by atoms with Gasteiger partial charge < -0.3 is 9.47 Å². The predicted molar refractivity (Wildman–Crippen MR) is 112 cm³/mol. The van der Waals surface area contributed by atoms with Gasteiger partial charge in [-0.2, -0.15) is 0 Å². The van der Waals surface area contributed by atoms with Crippen molar-refractivity contribution < 1.29 is 19.1 Å². The van der Waals surface area contributed by atoms with Crippen LogP contribution in [-0.4, -0.2) is 113 Å². The second-order valence-corrected chi connectivity index (χ2v) is 14.3. The van der Waals surface area contributed by atoms with Crippen molar-refractivity contribution in [3.05, 3.63) is 10.9 Å². The zero-order valence-electron chi connectivity index (χ0n) is 17.5. The first-order valence-electron chi connectivity index (χ1n) is 8.05. The van der Waals surface area contributed by atoms with Crippen LogP contribution in [0.4, 0.5) is 0 Å². The lowest BCUT2D eigenvalue weighted by molar-refractivity contribution is -0.138. The molecule has 8 nitrogen and oxygen atoms in total. The molecule has 0 aromatic rings. The summed E-state index contributed by atoms with van der Waals surface area (Å²) in [6.07, 6.45) is 0. The Hall–Kier alpha value is -0.880. The fourth-order valence-electron chi connectivity index (χ4n) is 3.12. The molecule has 1 rings (SSSR count). The molecule has 0 aliphatic carbocycles. The molecule has 1 heterocycles. The first-order valence-corrected chi connectivity index (χ1v) is 11.6. The number of methoxy groups -OCH3 is 2. The van der Waals surface area contributed by atoms with Crippen molar-refractivity contribution in [1.82, 2.24) is 18.7 Å². The summed E-state index contributed by atoms with van der Waals surface area (Å²) in [7, 11) is 13.6. The van der Waals surface area contributed by atoms with Gasteiger partial charge in [0.15, 0.2) is 0 Å². The van der Waals surface area contributed by atoms with Crippen LogP contribution in [0.15, 0.2) is 10.9 Å². The van der Waals surface area contributed by atoms with Crippen molar-refractivity contribution in [2.45, 2.75) is 0 Å². The van der Waals surface area contributed by atoms with E-state index in [4.69, 9.17) is 9.47 Å². The zero-order valence-corrected chi connectivity index (χ0v) is 19.3. The van der Waals surface area contributed by atoms with Gasteiger partial charge in [-0.15, -0.1) is 0 Å². The maximum Gasteiger partial charge on any atom is 0.341 e. The third-order valence-corrected chi connectivity index (χ3v) is 13.9. The standard InChI is InChI=1S/C16H32N4O4P2/c1-17(2)25(18(3)4)11-13(15(21)23-9)14(16(22)24-10)26(12-25,19(5)6)20(7)8/h11-12H,1-10H3. The summed E-state index contributed by atoms with van der Waals surface area (Å²) in [4.78, 5) is 25.5. The molecular weight excluding hydrogens is 374 g/mol. The maximum atomic E-state index is 12.8. The van der Waals surface area contributed by atoms with Crippen LogP contribution >= 0.6 is 14.4 Å². The van der Waals surface area contributed by atoms with Gasteiger partial charge in [-0.05, 0) is 67.7 Å². The number of esters is 2. The third-order valence-electron chi connectivity index (χ3n) is 4.52. The number of carbonyl (C=O) groups excluding carboxylic acids is 2. The molecule has 1 aliphatic heterocycles. The van der Waals surface area contributed by atoms with Crippen molar-refractivity contribution in [2.24, 2.45) is 0 Å². The van der Waals surface area contributed by atoms with E-state index in [-0.39, 0.29) is 5.57 Å². The minimum Gasteiger partial charge on any atom is -0.465 e. The van der Waals surface area contributed by atoms with E-state index < -0.39 is 26.3 Å². The highest BCUT2D eigenvalue weighted by Gasteiger charge is 2.44. The summed E-state index contributed by atoms with van der Waals surface area (Å²) in [5.41, 5.74) is 2.53. The number of ether oxygens (including phenoxy) is 2. The van der Waals surface area contributed by atoms with Crippen LogP contribution in [0.2, 0.25) is 0 Å². The van der Waals surface area contributed by atoms with Crippen molar-refractivity contribution >= 4 is 37.6 Å². The number of carbonyl (C=O) groups is 2.